The molecule has 1 N–H and O–H groups in total. The van der Waals surface area contributed by atoms with Gasteiger partial charge in [-0.3, -0.25) is 9.59 Å². The van der Waals surface area contributed by atoms with Crippen LogP contribution in [-0.2, 0) is 4.74 Å². The summed E-state index contributed by atoms with van der Waals surface area (Å²) in [6, 6.07) is 9.95. The maximum absolute atomic E-state index is 13.8. The Morgan fingerprint density at radius 3 is 2.52 bits per heavy atom. The lowest BCUT2D eigenvalue weighted by molar-refractivity contribution is 0.0526. The van der Waals surface area contributed by atoms with Gasteiger partial charge in [-0.15, -0.1) is 0 Å². The van der Waals surface area contributed by atoms with Crippen molar-refractivity contribution in [1.82, 2.24) is 4.98 Å². The van der Waals surface area contributed by atoms with Crippen molar-refractivity contribution in [2.75, 3.05) is 23.9 Å². The van der Waals surface area contributed by atoms with E-state index in [0.29, 0.717) is 27.8 Å². The number of carbonyl (C=O) groups excluding carboxylic acids is 3. The molecule has 3 aromatic rings. The third-order valence-electron chi connectivity index (χ3n) is 4.63. The number of pyridine rings is 1. The number of halogens is 1. The lowest BCUT2D eigenvalue weighted by atomic mass is 10.1. The van der Waals surface area contributed by atoms with Crippen molar-refractivity contribution in [3.8, 4) is 0 Å². The molecule has 0 unspecified atom stereocenters. The number of rotatable bonds is 4. The van der Waals surface area contributed by atoms with Gasteiger partial charge in [-0.1, -0.05) is 0 Å². The Balaban J connectivity index is 1.76. The van der Waals surface area contributed by atoms with Crippen LogP contribution in [0.25, 0.3) is 10.9 Å². The van der Waals surface area contributed by atoms with E-state index in [-0.39, 0.29) is 17.9 Å². The molecule has 146 valence electrons. The number of benzene rings is 2. The average Bonchev–Trinajstić information content (AvgIpc) is 2.96. The number of nitrogens with one attached hydrogen (secondary N) is 1. The third kappa shape index (κ3) is 2.98. The average molecular weight is 393 g/mol. The Kier molecular flexibility index (Phi) is 4.46. The molecule has 0 saturated carbocycles. The van der Waals surface area contributed by atoms with Crippen LogP contribution >= 0.6 is 0 Å². The molecule has 0 saturated heterocycles. The molecule has 2 heterocycles. The summed E-state index contributed by atoms with van der Waals surface area (Å²) in [5, 5.41) is 3.25. The molecule has 0 radical (unpaired) electrons. The summed E-state index contributed by atoms with van der Waals surface area (Å²) in [5.41, 5.74) is 1.53. The van der Waals surface area contributed by atoms with Gasteiger partial charge in [-0.05, 0) is 49.4 Å². The van der Waals surface area contributed by atoms with E-state index in [1.165, 1.54) is 42.5 Å². The fraction of sp³-hybridized carbons (Fsp3) is 0.143. The molecular formula is C21H16FN3O4. The van der Waals surface area contributed by atoms with Crippen LogP contribution < -0.4 is 10.2 Å². The highest BCUT2D eigenvalue weighted by Crippen LogP contribution is 2.32. The molecular weight excluding hydrogens is 377 g/mol. The van der Waals surface area contributed by atoms with Gasteiger partial charge in [0.25, 0.3) is 11.8 Å². The number of ether oxygens (including phenoxy) is 1. The van der Waals surface area contributed by atoms with Crippen LogP contribution in [0.1, 0.15) is 38.1 Å². The van der Waals surface area contributed by atoms with Crippen LogP contribution in [0.5, 0.6) is 0 Å². The van der Waals surface area contributed by atoms with E-state index in [1.807, 2.05) is 0 Å². The standard InChI is InChI=1S/C21H16FN3O4/c1-3-29-21(28)11-4-6-14(7-5-11)25-19(26)15-9-12-8-13(22)10-16(23-2)17(12)24-18(15)20(25)27/h4-10,23H,3H2,1-2H3. The van der Waals surface area contributed by atoms with E-state index in [1.54, 1.807) is 14.0 Å². The lowest BCUT2D eigenvalue weighted by Gasteiger charge is -2.13. The Morgan fingerprint density at radius 1 is 1.14 bits per heavy atom. The van der Waals surface area contributed by atoms with Gasteiger partial charge in [0.2, 0.25) is 0 Å². The molecule has 0 aliphatic carbocycles. The Labute approximate surface area is 165 Å². The van der Waals surface area contributed by atoms with Gasteiger partial charge in [-0.2, -0.15) is 0 Å². The first-order valence-electron chi connectivity index (χ1n) is 8.92. The van der Waals surface area contributed by atoms with E-state index in [4.69, 9.17) is 4.74 Å². The predicted octanol–water partition coefficient (Wildman–Crippen LogP) is 3.39. The number of imide groups is 1. The topological polar surface area (TPSA) is 88.6 Å². The first kappa shape index (κ1) is 18.5. The van der Waals surface area contributed by atoms with E-state index in [0.717, 1.165) is 4.90 Å². The van der Waals surface area contributed by atoms with Gasteiger partial charge < -0.3 is 10.1 Å². The summed E-state index contributed by atoms with van der Waals surface area (Å²) >= 11 is 0. The maximum Gasteiger partial charge on any atom is 0.338 e. The highest BCUT2D eigenvalue weighted by atomic mass is 19.1. The fourth-order valence-electron chi connectivity index (χ4n) is 3.28. The van der Waals surface area contributed by atoms with Crippen molar-refractivity contribution in [3.05, 3.63) is 65.1 Å². The van der Waals surface area contributed by atoms with Gasteiger partial charge in [0.1, 0.15) is 11.5 Å². The highest BCUT2D eigenvalue weighted by molar-refractivity contribution is 6.34. The van der Waals surface area contributed by atoms with Crippen molar-refractivity contribution >= 4 is 40.1 Å². The molecule has 1 aromatic heterocycles. The second kappa shape index (κ2) is 6.97. The monoisotopic (exact) mass is 393 g/mol. The van der Waals surface area contributed by atoms with Crippen LogP contribution in [-0.4, -0.2) is 36.4 Å². The molecule has 4 rings (SSSR count). The van der Waals surface area contributed by atoms with Crippen molar-refractivity contribution in [1.29, 1.82) is 0 Å². The van der Waals surface area contributed by atoms with Crippen LogP contribution in [0.3, 0.4) is 0 Å². The minimum Gasteiger partial charge on any atom is -0.462 e. The van der Waals surface area contributed by atoms with Crippen molar-refractivity contribution in [2.45, 2.75) is 6.92 Å². The number of carbonyl (C=O) groups is 3. The van der Waals surface area contributed by atoms with E-state index < -0.39 is 23.6 Å². The van der Waals surface area contributed by atoms with Gasteiger partial charge in [0.15, 0.2) is 0 Å². The second-order valence-corrected chi connectivity index (χ2v) is 6.37. The normalized spacial score (nSPS) is 13.0. The molecule has 2 aromatic carbocycles. The molecule has 0 atom stereocenters. The molecule has 7 nitrogen and oxygen atoms in total. The summed E-state index contributed by atoms with van der Waals surface area (Å²) in [6.45, 7) is 1.95. The van der Waals surface area contributed by atoms with Crippen molar-refractivity contribution in [3.63, 3.8) is 0 Å². The molecule has 8 heteroatoms. The number of anilines is 2. The summed E-state index contributed by atoms with van der Waals surface area (Å²) in [4.78, 5) is 42.9. The summed E-state index contributed by atoms with van der Waals surface area (Å²) in [6.07, 6.45) is 0. The quantitative estimate of drug-likeness (QED) is 0.540. The largest absolute Gasteiger partial charge is 0.462 e. The van der Waals surface area contributed by atoms with Gasteiger partial charge >= 0.3 is 5.97 Å². The lowest BCUT2D eigenvalue weighted by Crippen LogP contribution is -2.29. The molecule has 0 fully saturated rings. The van der Waals surface area contributed by atoms with Crippen LogP contribution in [0.15, 0.2) is 42.5 Å². The van der Waals surface area contributed by atoms with E-state index in [2.05, 4.69) is 10.3 Å². The van der Waals surface area contributed by atoms with Crippen molar-refractivity contribution < 1.29 is 23.5 Å². The zero-order valence-corrected chi connectivity index (χ0v) is 15.7. The number of amides is 2. The molecule has 2 amide bonds. The number of fused-ring (bicyclic) bond motifs is 2. The van der Waals surface area contributed by atoms with E-state index >= 15 is 0 Å². The fourth-order valence-corrected chi connectivity index (χ4v) is 3.28. The van der Waals surface area contributed by atoms with Crippen LogP contribution in [0, 0.1) is 5.82 Å². The third-order valence-corrected chi connectivity index (χ3v) is 4.63. The molecule has 1 aliphatic rings. The first-order chi connectivity index (χ1) is 13.9. The van der Waals surface area contributed by atoms with E-state index in [9.17, 15) is 18.8 Å². The molecule has 0 bridgehead atoms. The van der Waals surface area contributed by atoms with Gasteiger partial charge in [0, 0.05) is 12.4 Å². The number of nitrogens with zero attached hydrogens (tertiary/aromatic N) is 2. The van der Waals surface area contributed by atoms with Gasteiger partial charge in [0.05, 0.1) is 34.6 Å². The van der Waals surface area contributed by atoms with Crippen molar-refractivity contribution in [2.24, 2.45) is 0 Å². The minimum atomic E-state index is -0.581. The zero-order chi connectivity index (χ0) is 20.7. The van der Waals surface area contributed by atoms with Crippen LogP contribution in [0.2, 0.25) is 0 Å². The number of aromatic nitrogens is 1. The summed E-state index contributed by atoms with van der Waals surface area (Å²) < 4.78 is 18.8. The Bertz CT molecular complexity index is 1170. The highest BCUT2D eigenvalue weighted by Gasteiger charge is 2.38. The SMILES string of the molecule is CCOC(=O)c1ccc(N2C(=O)c3cc4cc(F)cc(NC)c4nc3C2=O)cc1. The smallest absolute Gasteiger partial charge is 0.338 e. The zero-order valence-electron chi connectivity index (χ0n) is 15.7. The minimum absolute atomic E-state index is 0.0000717. The van der Waals surface area contributed by atoms with Gasteiger partial charge in [-0.25, -0.2) is 19.1 Å². The molecule has 29 heavy (non-hydrogen) atoms. The maximum atomic E-state index is 13.8. The predicted molar refractivity (Wildman–Crippen MR) is 105 cm³/mol. The Hall–Kier alpha value is -3.81. The number of hydrogen-bond acceptors (Lipinski definition) is 6. The molecule has 0 spiro atoms. The Morgan fingerprint density at radius 2 is 1.86 bits per heavy atom. The molecule has 1 aliphatic heterocycles. The number of hydrogen-bond donors (Lipinski definition) is 1. The first-order valence-corrected chi connectivity index (χ1v) is 8.92. The second-order valence-electron chi connectivity index (χ2n) is 6.37. The summed E-state index contributed by atoms with van der Waals surface area (Å²) in [5.74, 6) is -2.11. The summed E-state index contributed by atoms with van der Waals surface area (Å²) in [7, 11) is 1.62. The van der Waals surface area contributed by atoms with Crippen LogP contribution in [0.4, 0.5) is 15.8 Å². The number of esters is 1.